The van der Waals surface area contributed by atoms with Crippen molar-refractivity contribution in [2.45, 2.75) is 10.6 Å². The van der Waals surface area contributed by atoms with Crippen LogP contribution in [0, 0.1) is 0 Å². The molecule has 3 aromatic rings. The minimum absolute atomic E-state index is 0.116. The molecule has 0 aliphatic heterocycles. The Morgan fingerprint density at radius 2 is 1.75 bits per heavy atom. The van der Waals surface area contributed by atoms with E-state index in [0.717, 1.165) is 11.1 Å². The molecule has 0 N–H and O–H groups in total. The maximum atomic E-state index is 12.9. The molecule has 1 aromatic heterocycles. The van der Waals surface area contributed by atoms with E-state index in [1.54, 1.807) is 36.7 Å². The van der Waals surface area contributed by atoms with Crippen LogP contribution in [0.3, 0.4) is 0 Å². The van der Waals surface area contributed by atoms with Gasteiger partial charge in [-0.05, 0) is 34.9 Å². The third-order valence-electron chi connectivity index (χ3n) is 3.69. The standard InChI is InChI=1S/C19H17NO3S/c1-23-18-10-9-17(16-7-3-2-4-8-16)12-19(18)24(21,22)14-15-6-5-11-20-13-15/h2-13H,14H2,1H3. The van der Waals surface area contributed by atoms with Crippen molar-refractivity contribution < 1.29 is 13.2 Å². The largest absolute Gasteiger partial charge is 0.495 e. The van der Waals surface area contributed by atoms with E-state index < -0.39 is 9.84 Å². The molecular weight excluding hydrogens is 322 g/mol. The fourth-order valence-corrected chi connectivity index (χ4v) is 4.04. The number of nitrogens with zero attached hydrogens (tertiary/aromatic N) is 1. The van der Waals surface area contributed by atoms with Crippen LogP contribution in [0.2, 0.25) is 0 Å². The van der Waals surface area contributed by atoms with Gasteiger partial charge >= 0.3 is 0 Å². The number of ether oxygens (including phenoxy) is 1. The SMILES string of the molecule is COc1ccc(-c2ccccc2)cc1S(=O)(=O)Cc1cccnc1. The van der Waals surface area contributed by atoms with Crippen LogP contribution in [0.15, 0.2) is 78.0 Å². The Morgan fingerprint density at radius 3 is 2.42 bits per heavy atom. The van der Waals surface area contributed by atoms with Gasteiger partial charge < -0.3 is 4.74 Å². The highest BCUT2D eigenvalue weighted by Gasteiger charge is 2.21. The van der Waals surface area contributed by atoms with Crippen LogP contribution in [0.25, 0.3) is 11.1 Å². The van der Waals surface area contributed by atoms with Crippen LogP contribution < -0.4 is 4.74 Å². The Bertz CT molecular complexity index is 923. The van der Waals surface area contributed by atoms with Gasteiger partial charge in [-0.25, -0.2) is 8.42 Å². The number of benzene rings is 2. The van der Waals surface area contributed by atoms with Crippen LogP contribution in [-0.2, 0) is 15.6 Å². The van der Waals surface area contributed by atoms with Crippen LogP contribution in [-0.4, -0.2) is 20.5 Å². The zero-order valence-electron chi connectivity index (χ0n) is 13.2. The fourth-order valence-electron chi connectivity index (χ4n) is 2.51. The summed E-state index contributed by atoms with van der Waals surface area (Å²) in [4.78, 5) is 4.16. The molecule has 122 valence electrons. The molecule has 0 radical (unpaired) electrons. The van der Waals surface area contributed by atoms with E-state index in [-0.39, 0.29) is 10.6 Å². The summed E-state index contributed by atoms with van der Waals surface area (Å²) in [6.07, 6.45) is 3.18. The summed E-state index contributed by atoms with van der Waals surface area (Å²) in [7, 11) is -2.08. The third kappa shape index (κ3) is 3.46. The number of hydrogen-bond acceptors (Lipinski definition) is 4. The Morgan fingerprint density at radius 1 is 0.958 bits per heavy atom. The number of sulfone groups is 1. The van der Waals surface area contributed by atoms with Crippen molar-refractivity contribution in [3.8, 4) is 16.9 Å². The lowest BCUT2D eigenvalue weighted by Gasteiger charge is -2.12. The van der Waals surface area contributed by atoms with E-state index in [1.807, 2.05) is 36.4 Å². The topological polar surface area (TPSA) is 56.3 Å². The molecule has 5 heteroatoms. The molecule has 0 saturated heterocycles. The summed E-state index contributed by atoms with van der Waals surface area (Å²) in [5, 5.41) is 0. The first-order valence-corrected chi connectivity index (χ1v) is 9.10. The van der Waals surface area contributed by atoms with Crippen molar-refractivity contribution in [3.05, 3.63) is 78.6 Å². The van der Waals surface area contributed by atoms with Gasteiger partial charge in [-0.3, -0.25) is 4.98 Å². The third-order valence-corrected chi connectivity index (χ3v) is 5.39. The van der Waals surface area contributed by atoms with Crippen LogP contribution in [0.5, 0.6) is 5.75 Å². The normalized spacial score (nSPS) is 11.2. The number of rotatable bonds is 5. The molecule has 2 aromatic carbocycles. The maximum absolute atomic E-state index is 12.9. The zero-order valence-corrected chi connectivity index (χ0v) is 14.0. The van der Waals surface area contributed by atoms with Crippen molar-refractivity contribution in [1.29, 1.82) is 0 Å². The number of aromatic nitrogens is 1. The average molecular weight is 339 g/mol. The highest BCUT2D eigenvalue weighted by atomic mass is 32.2. The van der Waals surface area contributed by atoms with E-state index in [2.05, 4.69) is 4.98 Å². The van der Waals surface area contributed by atoms with Gasteiger partial charge in [-0.15, -0.1) is 0 Å². The van der Waals surface area contributed by atoms with Crippen LogP contribution >= 0.6 is 0 Å². The van der Waals surface area contributed by atoms with Gasteiger partial charge in [0.25, 0.3) is 0 Å². The molecule has 3 rings (SSSR count). The van der Waals surface area contributed by atoms with E-state index in [4.69, 9.17) is 4.74 Å². The van der Waals surface area contributed by atoms with Crippen molar-refractivity contribution in [1.82, 2.24) is 4.98 Å². The lowest BCUT2D eigenvalue weighted by Crippen LogP contribution is -2.07. The Labute approximate surface area is 141 Å². The molecule has 1 heterocycles. The molecule has 0 aliphatic carbocycles. The molecule has 0 spiro atoms. The lowest BCUT2D eigenvalue weighted by molar-refractivity contribution is 0.403. The summed E-state index contributed by atoms with van der Waals surface area (Å²) in [5.41, 5.74) is 2.43. The van der Waals surface area contributed by atoms with Gasteiger partial charge in [0.05, 0.1) is 12.9 Å². The van der Waals surface area contributed by atoms with Gasteiger partial charge in [0.15, 0.2) is 9.84 Å². The molecule has 0 bridgehead atoms. The minimum Gasteiger partial charge on any atom is -0.495 e. The molecule has 0 saturated carbocycles. The first-order valence-electron chi connectivity index (χ1n) is 7.45. The molecular formula is C19H17NO3S. The monoisotopic (exact) mass is 339 g/mol. The van der Waals surface area contributed by atoms with Crippen molar-refractivity contribution in [2.75, 3.05) is 7.11 Å². The van der Waals surface area contributed by atoms with Gasteiger partial charge in [-0.1, -0.05) is 42.5 Å². The number of methoxy groups -OCH3 is 1. The minimum atomic E-state index is -3.55. The van der Waals surface area contributed by atoms with Crippen molar-refractivity contribution in [2.24, 2.45) is 0 Å². The predicted octanol–water partition coefficient (Wildman–Crippen LogP) is 3.73. The Kier molecular flexibility index (Phi) is 4.62. The van der Waals surface area contributed by atoms with Crippen molar-refractivity contribution >= 4 is 9.84 Å². The average Bonchev–Trinajstić information content (AvgIpc) is 2.62. The molecule has 0 aliphatic rings. The second-order valence-electron chi connectivity index (χ2n) is 5.35. The van der Waals surface area contributed by atoms with Gasteiger partial charge in [0, 0.05) is 12.4 Å². The number of hydrogen-bond donors (Lipinski definition) is 0. The van der Waals surface area contributed by atoms with Gasteiger partial charge in [-0.2, -0.15) is 0 Å². The zero-order chi connectivity index (χ0) is 17.0. The van der Waals surface area contributed by atoms with E-state index in [1.165, 1.54) is 7.11 Å². The number of pyridine rings is 1. The second kappa shape index (κ2) is 6.84. The van der Waals surface area contributed by atoms with E-state index in [0.29, 0.717) is 11.3 Å². The summed E-state index contributed by atoms with van der Waals surface area (Å²) in [6, 6.07) is 18.3. The van der Waals surface area contributed by atoms with Crippen LogP contribution in [0.4, 0.5) is 0 Å². The summed E-state index contributed by atoms with van der Waals surface area (Å²) in [5.74, 6) is 0.230. The summed E-state index contributed by atoms with van der Waals surface area (Å²) >= 11 is 0. The molecule has 4 nitrogen and oxygen atoms in total. The van der Waals surface area contributed by atoms with Gasteiger partial charge in [0.1, 0.15) is 10.6 Å². The molecule has 0 atom stereocenters. The summed E-state index contributed by atoms with van der Waals surface area (Å²) < 4.78 is 31.0. The Hall–Kier alpha value is -2.66. The van der Waals surface area contributed by atoms with E-state index >= 15 is 0 Å². The lowest BCUT2D eigenvalue weighted by atomic mass is 10.1. The first-order chi connectivity index (χ1) is 11.6. The summed E-state index contributed by atoms with van der Waals surface area (Å²) in [6.45, 7) is 0. The smallest absolute Gasteiger partial charge is 0.186 e. The maximum Gasteiger partial charge on any atom is 0.186 e. The van der Waals surface area contributed by atoms with Crippen molar-refractivity contribution in [3.63, 3.8) is 0 Å². The molecule has 0 amide bonds. The highest BCUT2D eigenvalue weighted by molar-refractivity contribution is 7.90. The molecule has 0 unspecified atom stereocenters. The quantitative estimate of drug-likeness (QED) is 0.711. The predicted molar refractivity (Wildman–Crippen MR) is 93.6 cm³/mol. The first kappa shape index (κ1) is 16.2. The second-order valence-corrected chi connectivity index (χ2v) is 7.31. The fraction of sp³-hybridized carbons (Fsp3) is 0.105. The Balaban J connectivity index is 2.05. The molecule has 24 heavy (non-hydrogen) atoms. The van der Waals surface area contributed by atoms with Gasteiger partial charge in [0.2, 0.25) is 0 Å². The molecule has 0 fully saturated rings. The highest BCUT2D eigenvalue weighted by Crippen LogP contribution is 2.31. The van der Waals surface area contributed by atoms with Crippen LogP contribution in [0.1, 0.15) is 5.56 Å². The van der Waals surface area contributed by atoms with E-state index in [9.17, 15) is 8.42 Å².